The van der Waals surface area contributed by atoms with Gasteiger partial charge in [0.1, 0.15) is 10.8 Å². The van der Waals surface area contributed by atoms with Gasteiger partial charge in [-0.05, 0) is 49.7 Å². The highest BCUT2D eigenvalue weighted by Gasteiger charge is 2.27. The van der Waals surface area contributed by atoms with Crippen molar-refractivity contribution in [2.24, 2.45) is 0 Å². The van der Waals surface area contributed by atoms with Crippen molar-refractivity contribution in [2.75, 3.05) is 22.7 Å². The fourth-order valence-electron chi connectivity index (χ4n) is 3.53. The molecule has 2 aromatic carbocycles. The molecule has 34 heavy (non-hydrogen) atoms. The third-order valence-corrected chi connectivity index (χ3v) is 8.26. The zero-order chi connectivity index (χ0) is 24.3. The lowest BCUT2D eigenvalue weighted by molar-refractivity contribution is -0.127. The molecule has 3 aromatic rings. The molecule has 4 rings (SSSR count). The van der Waals surface area contributed by atoms with E-state index in [9.17, 15) is 13.2 Å². The van der Waals surface area contributed by atoms with Crippen molar-refractivity contribution in [2.45, 2.75) is 30.4 Å². The number of aromatic nitrogens is 1. The summed E-state index contributed by atoms with van der Waals surface area (Å²) in [5, 5.41) is 5.64. The monoisotopic (exact) mass is 548 g/mol. The first kappa shape index (κ1) is 24.6. The first-order valence-corrected chi connectivity index (χ1v) is 13.5. The molecule has 2 N–H and O–H groups in total. The molecule has 0 spiro atoms. The maximum Gasteiger partial charge on any atom is 0.263 e. The lowest BCUT2D eigenvalue weighted by Crippen LogP contribution is -2.43. The summed E-state index contributed by atoms with van der Waals surface area (Å²) in [5.74, 6) is 0.0989. The molecule has 1 aliphatic heterocycles. The molecule has 188 valence electrons. The SMILES string of the molecule is CC(Oc1cccc(Cl)c1Cl)C(=O)N[C@H]1CCN(c2ccc(S(=O)(=O)Nc3nccs3)cc2)C1.[HH].[HH].[HH].[HH]. The molecule has 1 fully saturated rings. The molecule has 12 heteroatoms. The van der Waals surface area contributed by atoms with Crippen molar-refractivity contribution < 1.29 is 23.7 Å². The number of anilines is 2. The zero-order valence-electron chi connectivity index (χ0n) is 18.1. The van der Waals surface area contributed by atoms with E-state index in [0.29, 0.717) is 22.4 Å². The van der Waals surface area contributed by atoms with Gasteiger partial charge in [0, 0.05) is 42.1 Å². The maximum atomic E-state index is 12.6. The van der Waals surface area contributed by atoms with Crippen molar-refractivity contribution in [3.05, 3.63) is 64.1 Å². The Bertz CT molecular complexity index is 1270. The minimum Gasteiger partial charge on any atom is -0.479 e. The molecular formula is C22H30Cl2N4O4S2. The molecule has 1 amide bonds. The smallest absolute Gasteiger partial charge is 0.263 e. The van der Waals surface area contributed by atoms with Gasteiger partial charge < -0.3 is 15.0 Å². The number of benzene rings is 2. The Labute approximate surface area is 217 Å². The average molecular weight is 550 g/mol. The first-order valence-electron chi connectivity index (χ1n) is 10.4. The van der Waals surface area contributed by atoms with Gasteiger partial charge in [-0.15, -0.1) is 11.3 Å². The molecule has 0 radical (unpaired) electrons. The summed E-state index contributed by atoms with van der Waals surface area (Å²) in [6.07, 6.45) is 1.54. The Hall–Kier alpha value is -2.53. The van der Waals surface area contributed by atoms with Crippen molar-refractivity contribution in [3.8, 4) is 5.75 Å². The number of nitrogens with zero attached hydrogens (tertiary/aromatic N) is 2. The molecule has 0 bridgehead atoms. The highest BCUT2D eigenvalue weighted by atomic mass is 35.5. The van der Waals surface area contributed by atoms with Gasteiger partial charge in [0.15, 0.2) is 11.2 Å². The van der Waals surface area contributed by atoms with Crippen LogP contribution in [0.15, 0.2) is 58.9 Å². The van der Waals surface area contributed by atoms with Crippen LogP contribution in [0, 0.1) is 0 Å². The lowest BCUT2D eigenvalue weighted by Gasteiger charge is -2.21. The standard InChI is InChI=1S/C22H22Cl2N4O4S2.4H2/c1-14(32-19-4-2-3-18(23)20(19)24)21(29)26-15-9-11-28(13-15)16-5-7-17(8-6-16)34(30,31)27-22-25-10-12-33-22;;;;/h2-8,10,12,14-15H,9,11,13H2,1H3,(H,25,27)(H,26,29);4*1H/t14?,15-;;;;/m0..../s1. The number of amides is 1. The van der Waals surface area contributed by atoms with Crippen molar-refractivity contribution in [1.29, 1.82) is 0 Å². The summed E-state index contributed by atoms with van der Waals surface area (Å²) in [6.45, 7) is 2.97. The van der Waals surface area contributed by atoms with E-state index in [1.54, 1.807) is 54.8 Å². The van der Waals surface area contributed by atoms with Gasteiger partial charge in [0.25, 0.3) is 15.9 Å². The summed E-state index contributed by atoms with van der Waals surface area (Å²) in [5.41, 5.74) is 0.875. The summed E-state index contributed by atoms with van der Waals surface area (Å²) in [4.78, 5) is 18.8. The Morgan fingerprint density at radius 1 is 1.26 bits per heavy atom. The van der Waals surface area contributed by atoms with Crippen LogP contribution in [-0.4, -0.2) is 44.5 Å². The largest absolute Gasteiger partial charge is 0.479 e. The predicted molar refractivity (Wildman–Crippen MR) is 143 cm³/mol. The average Bonchev–Trinajstić information content (AvgIpc) is 3.49. The Morgan fingerprint density at radius 2 is 2.03 bits per heavy atom. The van der Waals surface area contributed by atoms with E-state index < -0.39 is 16.1 Å². The van der Waals surface area contributed by atoms with Gasteiger partial charge in [-0.3, -0.25) is 9.52 Å². The van der Waals surface area contributed by atoms with Crippen molar-refractivity contribution in [3.63, 3.8) is 0 Å². The Balaban J connectivity index is 0.00000342. The molecule has 2 atom stereocenters. The van der Waals surface area contributed by atoms with Crippen LogP contribution in [0.5, 0.6) is 5.75 Å². The topological polar surface area (TPSA) is 101 Å². The molecule has 8 nitrogen and oxygen atoms in total. The second-order valence-corrected chi connectivity index (χ2v) is 11.1. The van der Waals surface area contributed by atoms with Crippen molar-refractivity contribution in [1.82, 2.24) is 10.3 Å². The number of carbonyl (C=O) groups is 1. The van der Waals surface area contributed by atoms with Crippen LogP contribution in [-0.2, 0) is 14.8 Å². The molecular weight excluding hydrogens is 519 g/mol. The number of ether oxygens (including phenoxy) is 1. The summed E-state index contributed by atoms with van der Waals surface area (Å²) in [6, 6.07) is 11.6. The van der Waals surface area contributed by atoms with Crippen LogP contribution >= 0.6 is 34.5 Å². The van der Waals surface area contributed by atoms with Crippen LogP contribution < -0.4 is 19.7 Å². The fraction of sp³-hybridized carbons (Fsp3) is 0.273. The summed E-state index contributed by atoms with van der Waals surface area (Å²) in [7, 11) is -3.70. The van der Waals surface area contributed by atoms with E-state index in [0.717, 1.165) is 18.7 Å². The number of hydrogen-bond acceptors (Lipinski definition) is 7. The molecule has 1 unspecified atom stereocenters. The summed E-state index contributed by atoms with van der Waals surface area (Å²) >= 11 is 13.3. The molecule has 0 saturated carbocycles. The third kappa shape index (κ3) is 5.75. The highest BCUT2D eigenvalue weighted by Crippen LogP contribution is 2.32. The van der Waals surface area contributed by atoms with Gasteiger partial charge in [0.2, 0.25) is 0 Å². The second kappa shape index (κ2) is 10.4. The van der Waals surface area contributed by atoms with E-state index in [4.69, 9.17) is 27.9 Å². The van der Waals surface area contributed by atoms with E-state index in [2.05, 4.69) is 19.9 Å². The Kier molecular flexibility index (Phi) is 7.51. The first-order chi connectivity index (χ1) is 16.2. The zero-order valence-corrected chi connectivity index (χ0v) is 21.2. The van der Waals surface area contributed by atoms with Gasteiger partial charge in [-0.2, -0.15) is 0 Å². The summed E-state index contributed by atoms with van der Waals surface area (Å²) < 4.78 is 33.2. The highest BCUT2D eigenvalue weighted by molar-refractivity contribution is 7.93. The van der Waals surface area contributed by atoms with Gasteiger partial charge in [-0.25, -0.2) is 13.4 Å². The van der Waals surface area contributed by atoms with Gasteiger partial charge in [-0.1, -0.05) is 29.3 Å². The Morgan fingerprint density at radius 3 is 2.74 bits per heavy atom. The quantitative estimate of drug-likeness (QED) is 0.391. The van der Waals surface area contributed by atoms with Crippen LogP contribution in [0.3, 0.4) is 0 Å². The minimum absolute atomic E-state index is 0. The van der Waals surface area contributed by atoms with E-state index in [1.807, 2.05) is 0 Å². The molecule has 1 aliphatic rings. The molecule has 0 aliphatic carbocycles. The number of halogens is 2. The fourth-order valence-corrected chi connectivity index (χ4v) is 5.66. The van der Waals surface area contributed by atoms with E-state index >= 15 is 0 Å². The number of sulfonamides is 1. The van der Waals surface area contributed by atoms with Gasteiger partial charge >= 0.3 is 0 Å². The maximum absolute atomic E-state index is 12.6. The number of rotatable bonds is 8. The van der Waals surface area contributed by atoms with Crippen LogP contribution in [0.25, 0.3) is 0 Å². The number of carbonyl (C=O) groups excluding carboxylic acids is 1. The number of hydrogen-bond donors (Lipinski definition) is 2. The second-order valence-electron chi connectivity index (χ2n) is 7.69. The van der Waals surface area contributed by atoms with E-state index in [-0.39, 0.29) is 27.6 Å². The predicted octanol–water partition coefficient (Wildman–Crippen LogP) is 5.40. The number of thiazole rings is 1. The van der Waals surface area contributed by atoms with E-state index in [1.165, 1.54) is 17.5 Å². The van der Waals surface area contributed by atoms with Crippen LogP contribution in [0.2, 0.25) is 10.0 Å². The molecule has 2 heterocycles. The normalized spacial score (nSPS) is 16.8. The molecule has 1 saturated heterocycles. The van der Waals surface area contributed by atoms with Crippen LogP contribution in [0.4, 0.5) is 10.8 Å². The number of nitrogens with one attached hydrogen (secondary N) is 2. The third-order valence-electron chi connectivity index (χ3n) is 5.29. The van der Waals surface area contributed by atoms with Crippen LogP contribution in [0.1, 0.15) is 19.1 Å². The van der Waals surface area contributed by atoms with Crippen molar-refractivity contribution >= 4 is 61.3 Å². The lowest BCUT2D eigenvalue weighted by atomic mass is 10.2. The minimum atomic E-state index is -3.70. The molecule has 1 aromatic heterocycles. The van der Waals surface area contributed by atoms with Gasteiger partial charge in [0.05, 0.1) is 9.92 Å².